The van der Waals surface area contributed by atoms with Crippen LogP contribution in [-0.2, 0) is 4.74 Å². The van der Waals surface area contributed by atoms with Crippen LogP contribution in [0.3, 0.4) is 0 Å². The summed E-state index contributed by atoms with van der Waals surface area (Å²) in [5.74, 6) is -9.10. The van der Waals surface area contributed by atoms with Crippen LogP contribution in [0, 0.1) is 23.3 Å². The Morgan fingerprint density at radius 2 is 1.82 bits per heavy atom. The van der Waals surface area contributed by atoms with Crippen molar-refractivity contribution in [3.05, 3.63) is 39.3 Å². The first kappa shape index (κ1) is 16.1. The van der Waals surface area contributed by atoms with Crippen molar-refractivity contribution < 1.29 is 27.1 Å². The Balaban J connectivity index is 2.38. The Hall–Kier alpha value is -2.32. The molecule has 22 heavy (non-hydrogen) atoms. The molecule has 2 rings (SSSR count). The number of rotatable bonds is 3. The van der Waals surface area contributed by atoms with Gasteiger partial charge >= 0.3 is 0 Å². The van der Waals surface area contributed by atoms with Gasteiger partial charge in [0.15, 0.2) is 23.3 Å². The molecule has 1 amide bonds. The Labute approximate surface area is 121 Å². The van der Waals surface area contributed by atoms with Crippen LogP contribution in [0.2, 0.25) is 0 Å². The van der Waals surface area contributed by atoms with E-state index in [1.54, 1.807) is 0 Å². The van der Waals surface area contributed by atoms with E-state index >= 15 is 0 Å². The second kappa shape index (κ2) is 6.63. The minimum atomic E-state index is -1.94. The summed E-state index contributed by atoms with van der Waals surface area (Å²) in [5, 5.41) is 4.68. The Bertz CT molecular complexity index is 626. The lowest BCUT2D eigenvalue weighted by Gasteiger charge is -2.23. The number of nitrogens with one attached hydrogen (secondary N) is 1. The third-order valence-corrected chi connectivity index (χ3v) is 3.08. The van der Waals surface area contributed by atoms with Crippen LogP contribution in [0.1, 0.15) is 29.6 Å². The SMILES string of the molecule is [N-]=[N+]=Nc1c(F)c(F)c(C(=O)NC2CCCCO2)c(F)c1F. The zero-order chi connectivity index (χ0) is 16.3. The molecule has 1 heterocycles. The first-order valence-corrected chi connectivity index (χ1v) is 6.30. The number of ether oxygens (including phenoxy) is 1. The Morgan fingerprint density at radius 3 is 2.32 bits per heavy atom. The molecule has 6 nitrogen and oxygen atoms in total. The largest absolute Gasteiger partial charge is 0.359 e. The van der Waals surface area contributed by atoms with E-state index in [1.165, 1.54) is 0 Å². The van der Waals surface area contributed by atoms with Crippen LogP contribution < -0.4 is 5.32 Å². The van der Waals surface area contributed by atoms with Gasteiger partial charge in [-0.05, 0) is 24.8 Å². The summed E-state index contributed by atoms with van der Waals surface area (Å²) >= 11 is 0. The summed E-state index contributed by atoms with van der Waals surface area (Å²) in [6.45, 7) is 0.356. The molecule has 1 saturated heterocycles. The maximum absolute atomic E-state index is 13.8. The van der Waals surface area contributed by atoms with Gasteiger partial charge < -0.3 is 10.1 Å². The summed E-state index contributed by atoms with van der Waals surface area (Å²) in [6, 6.07) is 0. The fraction of sp³-hybridized carbons (Fsp3) is 0.417. The highest BCUT2D eigenvalue weighted by Gasteiger charge is 2.30. The molecule has 1 aromatic rings. The molecular formula is C12H10F4N4O2. The van der Waals surface area contributed by atoms with E-state index in [-0.39, 0.29) is 0 Å². The molecule has 1 aliphatic heterocycles. The number of hydrogen-bond donors (Lipinski definition) is 1. The average molecular weight is 318 g/mol. The maximum Gasteiger partial charge on any atom is 0.259 e. The number of carbonyl (C=O) groups excluding carboxylic acids is 1. The number of hydrogen-bond acceptors (Lipinski definition) is 3. The topological polar surface area (TPSA) is 87.1 Å². The first-order chi connectivity index (χ1) is 10.5. The quantitative estimate of drug-likeness (QED) is 0.304. The second-order valence-electron chi connectivity index (χ2n) is 4.50. The van der Waals surface area contributed by atoms with Crippen molar-refractivity contribution in [1.29, 1.82) is 0 Å². The Morgan fingerprint density at radius 1 is 1.18 bits per heavy atom. The molecule has 1 fully saturated rings. The van der Waals surface area contributed by atoms with Crippen LogP contribution in [0.25, 0.3) is 10.4 Å². The molecule has 10 heteroatoms. The third-order valence-electron chi connectivity index (χ3n) is 3.08. The highest BCUT2D eigenvalue weighted by atomic mass is 19.2. The minimum Gasteiger partial charge on any atom is -0.359 e. The van der Waals surface area contributed by atoms with Crippen LogP contribution in [0.5, 0.6) is 0 Å². The van der Waals surface area contributed by atoms with Crippen LogP contribution in [-0.4, -0.2) is 18.7 Å². The lowest BCUT2D eigenvalue weighted by molar-refractivity contribution is -0.00288. The standard InChI is InChI=1S/C12H10F4N4O2/c13-7-6(12(21)18-5-3-1-2-4-22-5)8(14)10(16)11(9(7)15)19-20-17/h5H,1-4H2,(H,18,21). The van der Waals surface area contributed by atoms with Crippen LogP contribution >= 0.6 is 0 Å². The van der Waals surface area contributed by atoms with E-state index in [4.69, 9.17) is 10.3 Å². The summed E-state index contributed by atoms with van der Waals surface area (Å²) in [6.07, 6.45) is 1.13. The molecule has 1 aliphatic rings. The lowest BCUT2D eigenvalue weighted by atomic mass is 10.1. The molecular weight excluding hydrogens is 308 g/mol. The van der Waals surface area contributed by atoms with Gasteiger partial charge in [0.1, 0.15) is 17.5 Å². The van der Waals surface area contributed by atoms with Crippen molar-refractivity contribution in [2.24, 2.45) is 5.11 Å². The zero-order valence-electron chi connectivity index (χ0n) is 11.1. The minimum absolute atomic E-state index is 0.356. The maximum atomic E-state index is 13.8. The zero-order valence-corrected chi connectivity index (χ0v) is 11.1. The van der Waals surface area contributed by atoms with E-state index in [0.717, 1.165) is 12.8 Å². The second-order valence-corrected chi connectivity index (χ2v) is 4.50. The van der Waals surface area contributed by atoms with E-state index in [1.807, 2.05) is 0 Å². The van der Waals surface area contributed by atoms with Gasteiger partial charge in [-0.2, -0.15) is 0 Å². The molecule has 0 aromatic heterocycles. The van der Waals surface area contributed by atoms with Gasteiger partial charge in [0.05, 0.1) is 0 Å². The number of azide groups is 1. The molecule has 0 bridgehead atoms. The fourth-order valence-electron chi connectivity index (χ4n) is 2.02. The predicted molar refractivity (Wildman–Crippen MR) is 66.1 cm³/mol. The molecule has 0 spiro atoms. The van der Waals surface area contributed by atoms with Gasteiger partial charge in [-0.1, -0.05) is 5.11 Å². The summed E-state index contributed by atoms with van der Waals surface area (Å²) in [7, 11) is 0. The van der Waals surface area contributed by atoms with E-state index < -0.39 is 46.7 Å². The van der Waals surface area contributed by atoms with Gasteiger partial charge in [0.25, 0.3) is 5.91 Å². The van der Waals surface area contributed by atoms with E-state index in [2.05, 4.69) is 15.3 Å². The molecule has 0 saturated carbocycles. The highest BCUT2D eigenvalue weighted by Crippen LogP contribution is 2.30. The number of carbonyl (C=O) groups is 1. The van der Waals surface area contributed by atoms with Crippen molar-refractivity contribution >= 4 is 11.6 Å². The van der Waals surface area contributed by atoms with E-state index in [0.29, 0.717) is 13.0 Å². The number of benzene rings is 1. The van der Waals surface area contributed by atoms with Crippen LogP contribution in [0.4, 0.5) is 23.2 Å². The average Bonchev–Trinajstić information content (AvgIpc) is 2.51. The van der Waals surface area contributed by atoms with Crippen molar-refractivity contribution in [1.82, 2.24) is 5.32 Å². The van der Waals surface area contributed by atoms with Crippen molar-refractivity contribution in [3.8, 4) is 0 Å². The summed E-state index contributed by atoms with van der Waals surface area (Å²) < 4.78 is 59.8. The predicted octanol–water partition coefficient (Wildman–Crippen LogP) is 3.44. The van der Waals surface area contributed by atoms with Crippen molar-refractivity contribution in [3.63, 3.8) is 0 Å². The normalized spacial score (nSPS) is 17.7. The van der Waals surface area contributed by atoms with Gasteiger partial charge in [0, 0.05) is 11.5 Å². The van der Waals surface area contributed by atoms with Gasteiger partial charge in [-0.25, -0.2) is 17.6 Å². The van der Waals surface area contributed by atoms with Crippen molar-refractivity contribution in [2.75, 3.05) is 6.61 Å². The number of halogens is 4. The van der Waals surface area contributed by atoms with E-state index in [9.17, 15) is 22.4 Å². The fourth-order valence-corrected chi connectivity index (χ4v) is 2.02. The highest BCUT2D eigenvalue weighted by molar-refractivity contribution is 5.95. The Kier molecular flexibility index (Phi) is 4.84. The molecule has 118 valence electrons. The number of nitrogens with zero attached hydrogens (tertiary/aromatic N) is 3. The van der Waals surface area contributed by atoms with Gasteiger partial charge in [-0.3, -0.25) is 4.79 Å². The molecule has 1 aromatic carbocycles. The molecule has 1 unspecified atom stereocenters. The molecule has 0 aliphatic carbocycles. The van der Waals surface area contributed by atoms with Crippen molar-refractivity contribution in [2.45, 2.75) is 25.5 Å². The number of amides is 1. The lowest BCUT2D eigenvalue weighted by Crippen LogP contribution is -2.40. The smallest absolute Gasteiger partial charge is 0.259 e. The molecule has 1 N–H and O–H groups in total. The monoisotopic (exact) mass is 318 g/mol. The first-order valence-electron chi connectivity index (χ1n) is 6.30. The summed E-state index contributed by atoms with van der Waals surface area (Å²) in [5.41, 5.74) is 5.23. The van der Waals surface area contributed by atoms with Gasteiger partial charge in [0.2, 0.25) is 0 Å². The third kappa shape index (κ3) is 2.97. The van der Waals surface area contributed by atoms with Crippen LogP contribution in [0.15, 0.2) is 5.11 Å². The molecule has 1 atom stereocenters. The van der Waals surface area contributed by atoms with Gasteiger partial charge in [-0.15, -0.1) is 0 Å². The molecule has 0 radical (unpaired) electrons. The summed E-state index contributed by atoms with van der Waals surface area (Å²) in [4.78, 5) is 13.9.